The van der Waals surface area contributed by atoms with E-state index in [-0.39, 0.29) is 12.0 Å². The molecule has 1 rings (SSSR count). The van der Waals surface area contributed by atoms with Crippen LogP contribution < -0.4 is 4.74 Å². The lowest BCUT2D eigenvalue weighted by molar-refractivity contribution is -0.385. The van der Waals surface area contributed by atoms with Crippen molar-refractivity contribution in [2.75, 3.05) is 0 Å². The van der Waals surface area contributed by atoms with Crippen molar-refractivity contribution in [2.45, 2.75) is 70.3 Å². The molecule has 6 nitrogen and oxygen atoms in total. The third-order valence-electron chi connectivity index (χ3n) is 4.07. The van der Waals surface area contributed by atoms with Crippen molar-refractivity contribution >= 4 is 11.8 Å². The van der Waals surface area contributed by atoms with Gasteiger partial charge in [-0.05, 0) is 12.5 Å². The van der Waals surface area contributed by atoms with E-state index in [2.05, 4.69) is 9.47 Å². The van der Waals surface area contributed by atoms with Gasteiger partial charge in [-0.15, -0.1) is 0 Å². The molecule has 1 aromatic rings. The fraction of sp³-hybridized carbons (Fsp3) is 0.611. The van der Waals surface area contributed by atoms with Crippen molar-refractivity contribution in [3.05, 3.63) is 33.9 Å². The maximum absolute atomic E-state index is 13.7. The molecule has 30 heavy (non-hydrogen) atoms. The zero-order valence-electron chi connectivity index (χ0n) is 16.2. The number of hydrogen-bond acceptors (Lipinski definition) is 5. The quantitative estimate of drug-likeness (QED) is 0.128. The summed E-state index contributed by atoms with van der Waals surface area (Å²) in [6.45, 7) is 2.73. The monoisotopic (exact) mass is 445 g/mol. The number of alkyl halides is 6. The van der Waals surface area contributed by atoms with Gasteiger partial charge in [0.05, 0.1) is 10.5 Å². The summed E-state index contributed by atoms with van der Waals surface area (Å²) in [7, 11) is 0. The van der Waals surface area contributed by atoms with Gasteiger partial charge in [0, 0.05) is 25.3 Å². The molecule has 0 heterocycles. The van der Waals surface area contributed by atoms with E-state index in [9.17, 15) is 41.3 Å². The Hall–Kier alpha value is -2.53. The third kappa shape index (κ3) is 8.07. The van der Waals surface area contributed by atoms with Crippen LogP contribution >= 0.6 is 0 Å². The Balaban J connectivity index is 2.84. The zero-order valence-corrected chi connectivity index (χ0v) is 16.2. The van der Waals surface area contributed by atoms with Gasteiger partial charge in [0.1, 0.15) is 12.2 Å². The van der Waals surface area contributed by atoms with E-state index in [0.29, 0.717) is 6.42 Å². The Labute approximate surface area is 168 Å². The highest BCUT2D eigenvalue weighted by Crippen LogP contribution is 2.38. The second-order valence-electron chi connectivity index (χ2n) is 6.59. The van der Waals surface area contributed by atoms with Crippen molar-refractivity contribution in [1.82, 2.24) is 0 Å². The third-order valence-corrected chi connectivity index (χ3v) is 4.07. The predicted octanol–water partition coefficient (Wildman–Crippen LogP) is 6.51. The van der Waals surface area contributed by atoms with Crippen LogP contribution in [0.25, 0.3) is 0 Å². The van der Waals surface area contributed by atoms with E-state index >= 15 is 0 Å². The Bertz CT molecular complexity index is 757. The summed E-state index contributed by atoms with van der Waals surface area (Å²) in [6.07, 6.45) is -12.2. The Morgan fingerprint density at radius 1 is 1.07 bits per heavy atom. The lowest BCUT2D eigenvalue weighted by atomic mass is 10.0. The van der Waals surface area contributed by atoms with Gasteiger partial charge in [0.25, 0.3) is 11.6 Å². The molecule has 0 bridgehead atoms. The maximum Gasteiger partial charge on any atom is 0.518 e. The Morgan fingerprint density at radius 2 is 1.67 bits per heavy atom. The number of rotatable bonds is 11. The summed E-state index contributed by atoms with van der Waals surface area (Å²) < 4.78 is 89.1. The van der Waals surface area contributed by atoms with Crippen LogP contribution in [0.1, 0.15) is 51.5 Å². The summed E-state index contributed by atoms with van der Waals surface area (Å²) in [5.74, 6) is -8.10. The van der Waals surface area contributed by atoms with E-state index in [1.807, 2.05) is 0 Å². The van der Waals surface area contributed by atoms with E-state index < -0.39 is 66.2 Å². The number of carbonyl (C=O) groups excluding carboxylic acids is 1. The smallest absolute Gasteiger partial charge is 0.394 e. The Kier molecular flexibility index (Phi) is 8.49. The summed E-state index contributed by atoms with van der Waals surface area (Å²) in [6, 6.07) is 3.35. The topological polar surface area (TPSA) is 78.7 Å². The van der Waals surface area contributed by atoms with Crippen molar-refractivity contribution in [2.24, 2.45) is 0 Å². The molecule has 170 valence electrons. The SMILES string of the molecule is CCCc1c(OC(=O)OC(F)(F)CC(F)(F)CCC(F)(F)CC)cccc1[N+](=O)[O-]. The number of nitro groups is 1. The standard InChI is InChI=1S/C18H21F6NO5/c1-3-6-12-13(25(27)28)7-5-8-14(12)29-15(26)30-18(23,24)11-17(21,22)10-9-16(19,20)4-2/h5,7-8H,3-4,6,9-11H2,1-2H3. The Morgan fingerprint density at radius 3 is 2.20 bits per heavy atom. The van der Waals surface area contributed by atoms with Gasteiger partial charge < -0.3 is 9.47 Å². The molecule has 0 fully saturated rings. The first-order chi connectivity index (χ1) is 13.7. The van der Waals surface area contributed by atoms with Crippen LogP contribution in [-0.2, 0) is 11.2 Å². The normalized spacial score (nSPS) is 12.5. The lowest BCUT2D eigenvalue weighted by Crippen LogP contribution is -2.35. The number of nitrogens with zero attached hydrogens (tertiary/aromatic N) is 1. The van der Waals surface area contributed by atoms with Crippen molar-refractivity contribution in [1.29, 1.82) is 0 Å². The molecule has 0 aliphatic carbocycles. The molecule has 12 heteroatoms. The first kappa shape index (κ1) is 25.5. The van der Waals surface area contributed by atoms with Crippen molar-refractivity contribution in [3.8, 4) is 5.75 Å². The number of carbonyl (C=O) groups is 1. The van der Waals surface area contributed by atoms with Crippen LogP contribution in [0.5, 0.6) is 5.75 Å². The number of ether oxygens (including phenoxy) is 2. The average Bonchev–Trinajstić information content (AvgIpc) is 2.60. The molecule has 0 saturated heterocycles. The van der Waals surface area contributed by atoms with E-state index in [4.69, 9.17) is 0 Å². The molecule has 0 amide bonds. The molecule has 0 aliphatic heterocycles. The van der Waals surface area contributed by atoms with Crippen molar-refractivity contribution < 1.29 is 45.5 Å². The lowest BCUT2D eigenvalue weighted by Gasteiger charge is -2.24. The highest BCUT2D eigenvalue weighted by atomic mass is 19.3. The summed E-state index contributed by atoms with van der Waals surface area (Å²) in [5.41, 5.74) is -0.477. The van der Waals surface area contributed by atoms with Crippen LogP contribution in [0, 0.1) is 10.1 Å². The molecule has 0 aromatic heterocycles. The van der Waals surface area contributed by atoms with Crippen LogP contribution in [0.15, 0.2) is 18.2 Å². The molecular formula is C18H21F6NO5. The van der Waals surface area contributed by atoms with Crippen LogP contribution in [0.2, 0.25) is 0 Å². The second-order valence-corrected chi connectivity index (χ2v) is 6.59. The van der Waals surface area contributed by atoms with Gasteiger partial charge >= 0.3 is 12.3 Å². The first-order valence-electron chi connectivity index (χ1n) is 9.02. The molecule has 0 atom stereocenters. The minimum atomic E-state index is -4.71. The van der Waals surface area contributed by atoms with E-state index in [1.54, 1.807) is 6.92 Å². The largest absolute Gasteiger partial charge is 0.518 e. The maximum atomic E-state index is 13.7. The molecule has 0 radical (unpaired) electrons. The number of halogens is 6. The van der Waals surface area contributed by atoms with E-state index in [0.717, 1.165) is 25.1 Å². The minimum Gasteiger partial charge on any atom is -0.394 e. The molecule has 0 saturated carbocycles. The zero-order chi connectivity index (χ0) is 23.2. The summed E-state index contributed by atoms with van der Waals surface area (Å²) in [4.78, 5) is 21.9. The molecule has 0 unspecified atom stereocenters. The van der Waals surface area contributed by atoms with Crippen LogP contribution in [0.4, 0.5) is 36.8 Å². The fourth-order valence-electron chi connectivity index (χ4n) is 2.52. The molecule has 0 spiro atoms. The number of benzene rings is 1. The number of hydrogen-bond donors (Lipinski definition) is 0. The van der Waals surface area contributed by atoms with E-state index in [1.165, 1.54) is 0 Å². The summed E-state index contributed by atoms with van der Waals surface area (Å²) in [5, 5.41) is 11.1. The van der Waals surface area contributed by atoms with Gasteiger partial charge in [0.2, 0.25) is 5.92 Å². The number of nitro benzene ring substituents is 1. The van der Waals surface area contributed by atoms with Crippen LogP contribution in [0.3, 0.4) is 0 Å². The molecule has 0 N–H and O–H groups in total. The first-order valence-corrected chi connectivity index (χ1v) is 9.02. The van der Waals surface area contributed by atoms with Gasteiger partial charge in [-0.25, -0.2) is 22.4 Å². The second kappa shape index (κ2) is 9.98. The average molecular weight is 445 g/mol. The van der Waals surface area contributed by atoms with Gasteiger partial charge in [-0.1, -0.05) is 26.3 Å². The molecule has 1 aromatic carbocycles. The van der Waals surface area contributed by atoms with Crippen LogP contribution in [-0.4, -0.2) is 29.0 Å². The van der Waals surface area contributed by atoms with Gasteiger partial charge in [-0.3, -0.25) is 10.1 Å². The molecular weight excluding hydrogens is 424 g/mol. The highest BCUT2D eigenvalue weighted by molar-refractivity contribution is 5.66. The summed E-state index contributed by atoms with van der Waals surface area (Å²) >= 11 is 0. The predicted molar refractivity (Wildman–Crippen MR) is 93.2 cm³/mol. The highest BCUT2D eigenvalue weighted by Gasteiger charge is 2.48. The van der Waals surface area contributed by atoms with Gasteiger partial charge in [0.15, 0.2) is 0 Å². The van der Waals surface area contributed by atoms with Gasteiger partial charge in [-0.2, -0.15) is 8.78 Å². The minimum absolute atomic E-state index is 0.0580. The van der Waals surface area contributed by atoms with Crippen molar-refractivity contribution in [3.63, 3.8) is 0 Å². The molecule has 0 aliphatic rings. The fourth-order valence-corrected chi connectivity index (χ4v) is 2.52.